The lowest BCUT2D eigenvalue weighted by Crippen LogP contribution is -2.13. The molecule has 136 valence electrons. The molecule has 3 rings (SSSR count). The maximum absolute atomic E-state index is 5.07. The average Bonchev–Trinajstić information content (AvgIpc) is 2.76. The van der Waals surface area contributed by atoms with E-state index < -0.39 is 8.75 Å². The minimum Gasteiger partial charge on any atom is -0.156 e. The van der Waals surface area contributed by atoms with Crippen LogP contribution in [0, 0.1) is 0 Å². The summed E-state index contributed by atoms with van der Waals surface area (Å²) in [6.45, 7) is 6.21. The topological polar surface area (TPSA) is 0 Å². The van der Waals surface area contributed by atoms with Gasteiger partial charge in [0.2, 0.25) is 0 Å². The normalized spacial score (nSPS) is 13.8. The molecule has 3 aromatic rings. The van der Waals surface area contributed by atoms with Gasteiger partial charge in [0.1, 0.15) is 0 Å². The standard InChI is InChI=1S/C26H26S/c1-4-6-16-23(5-2)27(3,24-17-10-7-11-18-24,25-19-12-8-13-20-25)26-21-14-9-15-22-26/h4-22H,2-3H2,1H3/b6-4-,23-16+. The van der Waals surface area contributed by atoms with E-state index in [1.165, 1.54) is 14.7 Å². The Labute approximate surface area is 163 Å². The van der Waals surface area contributed by atoms with Crippen LogP contribution in [0.5, 0.6) is 0 Å². The Morgan fingerprint density at radius 3 is 1.37 bits per heavy atom. The molecule has 27 heavy (non-hydrogen) atoms. The zero-order valence-electron chi connectivity index (χ0n) is 15.8. The van der Waals surface area contributed by atoms with Crippen LogP contribution < -0.4 is 0 Å². The SMILES string of the molecule is C=C/C(=C\C=C/C)S(=C)(c1ccccc1)(c1ccccc1)c1ccccc1. The van der Waals surface area contributed by atoms with Crippen LogP contribution in [-0.4, -0.2) is 5.87 Å². The van der Waals surface area contributed by atoms with Gasteiger partial charge in [0.05, 0.1) is 0 Å². The molecule has 0 atom stereocenters. The molecule has 0 radical (unpaired) electrons. The monoisotopic (exact) mass is 370 g/mol. The Morgan fingerprint density at radius 1 is 0.704 bits per heavy atom. The van der Waals surface area contributed by atoms with Crippen molar-refractivity contribution in [3.05, 3.63) is 127 Å². The smallest absolute Gasteiger partial charge is 0.00245 e. The van der Waals surface area contributed by atoms with E-state index in [9.17, 15) is 0 Å². The Kier molecular flexibility index (Phi) is 5.43. The van der Waals surface area contributed by atoms with E-state index in [0.29, 0.717) is 0 Å². The Morgan fingerprint density at radius 2 is 1.07 bits per heavy atom. The molecule has 0 amide bonds. The highest BCUT2D eigenvalue weighted by atomic mass is 32.3. The molecule has 0 unspecified atom stereocenters. The first-order valence-electron chi connectivity index (χ1n) is 9.07. The van der Waals surface area contributed by atoms with Gasteiger partial charge in [-0.1, -0.05) is 85.3 Å². The average molecular weight is 371 g/mol. The lowest BCUT2D eigenvalue weighted by atomic mass is 10.3. The van der Waals surface area contributed by atoms with Crippen molar-refractivity contribution in [2.24, 2.45) is 0 Å². The lowest BCUT2D eigenvalue weighted by molar-refractivity contribution is 1.29. The van der Waals surface area contributed by atoms with Crippen molar-refractivity contribution in [1.29, 1.82) is 0 Å². The summed E-state index contributed by atoms with van der Waals surface area (Å²) >= 11 is 0. The summed E-state index contributed by atoms with van der Waals surface area (Å²) in [5.41, 5.74) is 0. The van der Waals surface area contributed by atoms with Gasteiger partial charge in [0.25, 0.3) is 0 Å². The van der Waals surface area contributed by atoms with E-state index in [2.05, 4.69) is 110 Å². The molecule has 0 saturated carbocycles. The van der Waals surface area contributed by atoms with Gasteiger partial charge in [-0.3, -0.25) is 0 Å². The van der Waals surface area contributed by atoms with E-state index in [4.69, 9.17) is 5.87 Å². The fourth-order valence-electron chi connectivity index (χ4n) is 3.57. The summed E-state index contributed by atoms with van der Waals surface area (Å²) < 4.78 is 0. The maximum Gasteiger partial charge on any atom is -0.00245 e. The minimum absolute atomic E-state index is 1.13. The van der Waals surface area contributed by atoms with Crippen molar-refractivity contribution in [1.82, 2.24) is 0 Å². The third-order valence-electron chi connectivity index (χ3n) is 4.96. The highest BCUT2D eigenvalue weighted by molar-refractivity contribution is 8.49. The van der Waals surface area contributed by atoms with Crippen molar-refractivity contribution in [2.75, 3.05) is 0 Å². The van der Waals surface area contributed by atoms with Crippen LogP contribution in [0.2, 0.25) is 0 Å². The first-order valence-corrected chi connectivity index (χ1v) is 11.3. The molecule has 1 heteroatoms. The first-order chi connectivity index (χ1) is 13.2. The second kappa shape index (κ2) is 7.77. The number of rotatable bonds is 6. The van der Waals surface area contributed by atoms with Crippen LogP contribution in [0.1, 0.15) is 6.92 Å². The van der Waals surface area contributed by atoms with Crippen LogP contribution in [0.4, 0.5) is 0 Å². The summed E-state index contributed by atoms with van der Waals surface area (Å²) in [6, 6.07) is 31.9. The summed E-state index contributed by atoms with van der Waals surface area (Å²) in [4.78, 5) is 4.77. The first kappa shape index (κ1) is 18.9. The molecule has 0 aliphatic carbocycles. The van der Waals surface area contributed by atoms with Gasteiger partial charge in [-0.05, 0) is 69.0 Å². The molecule has 0 spiro atoms. The van der Waals surface area contributed by atoms with Crippen LogP contribution in [0.3, 0.4) is 0 Å². The van der Waals surface area contributed by atoms with E-state index in [1.54, 1.807) is 0 Å². The molecule has 0 nitrogen and oxygen atoms in total. The molecule has 0 saturated heterocycles. The summed E-state index contributed by atoms with van der Waals surface area (Å²) in [5, 5.41) is 0. The molecule has 3 aromatic carbocycles. The number of hydrogen-bond donors (Lipinski definition) is 0. The van der Waals surface area contributed by atoms with Crippen LogP contribution in [0.25, 0.3) is 0 Å². The van der Waals surface area contributed by atoms with Crippen molar-refractivity contribution in [3.63, 3.8) is 0 Å². The number of allylic oxidation sites excluding steroid dienone is 4. The van der Waals surface area contributed by atoms with Crippen molar-refractivity contribution in [3.8, 4) is 0 Å². The second-order valence-electron chi connectivity index (χ2n) is 6.43. The van der Waals surface area contributed by atoms with Crippen molar-refractivity contribution in [2.45, 2.75) is 21.6 Å². The molecule has 0 fully saturated rings. The van der Waals surface area contributed by atoms with Gasteiger partial charge in [0, 0.05) is 0 Å². The van der Waals surface area contributed by atoms with Crippen molar-refractivity contribution < 1.29 is 0 Å². The second-order valence-corrected chi connectivity index (χ2v) is 10.7. The maximum atomic E-state index is 5.07. The quantitative estimate of drug-likeness (QED) is 0.310. The third kappa shape index (κ3) is 2.94. The van der Waals surface area contributed by atoms with Gasteiger partial charge in [-0.15, -0.1) is 0 Å². The van der Waals surface area contributed by atoms with Gasteiger partial charge in [0.15, 0.2) is 0 Å². The number of hydrogen-bond acceptors (Lipinski definition) is 0. The zero-order valence-corrected chi connectivity index (χ0v) is 16.6. The molecule has 0 aromatic heterocycles. The van der Waals surface area contributed by atoms with Gasteiger partial charge >= 0.3 is 0 Å². The summed E-state index contributed by atoms with van der Waals surface area (Å²) in [6.07, 6.45) is 8.26. The predicted octanol–water partition coefficient (Wildman–Crippen LogP) is 7.58. The van der Waals surface area contributed by atoms with Gasteiger partial charge in [-0.25, -0.2) is 0 Å². The Hall–Kier alpha value is -2.90. The summed E-state index contributed by atoms with van der Waals surface area (Å²) in [7, 11) is -2.83. The molecular formula is C26H26S. The molecule has 0 N–H and O–H groups in total. The largest absolute Gasteiger partial charge is 0.156 e. The molecular weight excluding hydrogens is 344 g/mol. The fraction of sp³-hybridized carbons (Fsp3) is 0.0385. The van der Waals surface area contributed by atoms with Gasteiger partial charge < -0.3 is 0 Å². The fourth-order valence-corrected chi connectivity index (χ4v) is 8.23. The van der Waals surface area contributed by atoms with E-state index in [1.807, 2.05) is 19.1 Å². The molecule has 0 aliphatic heterocycles. The van der Waals surface area contributed by atoms with Crippen LogP contribution in [-0.2, 0) is 0 Å². The van der Waals surface area contributed by atoms with Crippen LogP contribution >= 0.6 is 8.75 Å². The zero-order chi connectivity index (χ0) is 19.2. The highest BCUT2D eigenvalue weighted by Crippen LogP contribution is 2.80. The predicted molar refractivity (Wildman–Crippen MR) is 122 cm³/mol. The lowest BCUT2D eigenvalue weighted by Gasteiger charge is -2.51. The van der Waals surface area contributed by atoms with Crippen LogP contribution in [0.15, 0.2) is 141 Å². The molecule has 0 aliphatic rings. The third-order valence-corrected chi connectivity index (χ3v) is 10.2. The number of benzene rings is 3. The van der Waals surface area contributed by atoms with E-state index >= 15 is 0 Å². The highest BCUT2D eigenvalue weighted by Gasteiger charge is 2.39. The minimum atomic E-state index is -2.83. The van der Waals surface area contributed by atoms with E-state index in [-0.39, 0.29) is 0 Å². The molecule has 0 heterocycles. The Bertz CT molecular complexity index is 917. The van der Waals surface area contributed by atoms with E-state index in [0.717, 1.165) is 4.91 Å². The van der Waals surface area contributed by atoms with Crippen molar-refractivity contribution >= 4 is 14.6 Å². The Balaban J connectivity index is 2.59. The molecule has 0 bridgehead atoms. The summed E-state index contributed by atoms with van der Waals surface area (Å²) in [5.74, 6) is 5.07. The van der Waals surface area contributed by atoms with Gasteiger partial charge in [-0.2, -0.15) is 8.75 Å².